The van der Waals surface area contributed by atoms with Gasteiger partial charge in [-0.25, -0.2) is 0 Å². The number of piperidine rings is 1. The van der Waals surface area contributed by atoms with Crippen LogP contribution in [0.5, 0.6) is 0 Å². The molecule has 0 atom stereocenters. The molecule has 1 aromatic heterocycles. The zero-order valence-corrected chi connectivity index (χ0v) is 9.11. The van der Waals surface area contributed by atoms with Crippen LogP contribution in [0.2, 0.25) is 0 Å². The third kappa shape index (κ3) is 2.42. The van der Waals surface area contributed by atoms with Crippen LogP contribution in [0.1, 0.15) is 18.5 Å². The van der Waals surface area contributed by atoms with Crippen molar-refractivity contribution in [3.05, 3.63) is 30.1 Å². The predicted molar refractivity (Wildman–Crippen MR) is 62.3 cm³/mol. The van der Waals surface area contributed by atoms with Crippen molar-refractivity contribution in [1.82, 2.24) is 10.3 Å². The first-order chi connectivity index (χ1) is 7.42. The maximum atomic E-state index is 4.41. The molecular weight excluding hydrogens is 186 g/mol. The van der Waals surface area contributed by atoms with Gasteiger partial charge in [0.25, 0.3) is 0 Å². The summed E-state index contributed by atoms with van der Waals surface area (Å²) in [5.74, 6) is 0.575. The fourth-order valence-electron chi connectivity index (χ4n) is 2.12. The zero-order chi connectivity index (χ0) is 10.5. The molecule has 0 radical (unpaired) electrons. The van der Waals surface area contributed by atoms with Crippen LogP contribution in [0, 0.1) is 5.92 Å². The summed E-state index contributed by atoms with van der Waals surface area (Å²) in [6.07, 6.45) is 4.17. The summed E-state index contributed by atoms with van der Waals surface area (Å²) in [6.45, 7) is 2.19. The molecule has 0 saturated carbocycles. The molecule has 3 nitrogen and oxygen atoms in total. The van der Waals surface area contributed by atoms with Gasteiger partial charge in [-0.05, 0) is 38.1 Å². The smallest absolute Gasteiger partial charge is 0.0842 e. The summed E-state index contributed by atoms with van der Waals surface area (Å²) in [5, 5.41) is 3.37. The molecule has 2 heterocycles. The molecule has 3 heteroatoms. The summed E-state index contributed by atoms with van der Waals surface area (Å²) in [5.41, 5.74) is 2.20. The van der Waals surface area contributed by atoms with E-state index >= 15 is 0 Å². The fourth-order valence-corrected chi connectivity index (χ4v) is 2.12. The second kappa shape index (κ2) is 5.03. The van der Waals surface area contributed by atoms with Gasteiger partial charge in [0.1, 0.15) is 0 Å². The van der Waals surface area contributed by atoms with E-state index in [9.17, 15) is 0 Å². The van der Waals surface area contributed by atoms with Crippen LogP contribution in [0.4, 0.5) is 0 Å². The lowest BCUT2D eigenvalue weighted by molar-refractivity contribution is 0.456. The van der Waals surface area contributed by atoms with Crippen molar-refractivity contribution in [2.45, 2.75) is 12.8 Å². The van der Waals surface area contributed by atoms with Crippen molar-refractivity contribution < 1.29 is 0 Å². The Morgan fingerprint density at radius 1 is 1.40 bits per heavy atom. The van der Waals surface area contributed by atoms with Crippen molar-refractivity contribution in [2.75, 3.05) is 20.1 Å². The van der Waals surface area contributed by atoms with Crippen molar-refractivity contribution in [3.8, 4) is 0 Å². The first-order valence-electron chi connectivity index (χ1n) is 5.50. The maximum absolute atomic E-state index is 4.41. The molecule has 0 aliphatic carbocycles. The molecule has 1 aliphatic rings. The van der Waals surface area contributed by atoms with E-state index < -0.39 is 0 Å². The standard InChI is InChI=1S/C12H17N3/c1-13-12(10-5-8-14-9-6-10)11-4-2-3-7-15-11/h2-4,7,10,14H,5-6,8-9H2,1H3/b13-12+. The molecule has 2 rings (SSSR count). The molecule has 0 spiro atoms. The van der Waals surface area contributed by atoms with E-state index in [-0.39, 0.29) is 0 Å². The lowest BCUT2D eigenvalue weighted by Gasteiger charge is -2.23. The molecule has 1 fully saturated rings. The van der Waals surface area contributed by atoms with Crippen molar-refractivity contribution in [3.63, 3.8) is 0 Å². The Hall–Kier alpha value is -1.22. The molecular formula is C12H17N3. The van der Waals surface area contributed by atoms with Crippen molar-refractivity contribution in [2.24, 2.45) is 10.9 Å². The highest BCUT2D eigenvalue weighted by atomic mass is 14.9. The van der Waals surface area contributed by atoms with E-state index in [0.29, 0.717) is 5.92 Å². The number of pyridine rings is 1. The largest absolute Gasteiger partial charge is 0.317 e. The van der Waals surface area contributed by atoms with Crippen LogP contribution < -0.4 is 5.32 Å². The summed E-state index contributed by atoms with van der Waals surface area (Å²) in [6, 6.07) is 6.01. The van der Waals surface area contributed by atoms with Crippen LogP contribution in [0.25, 0.3) is 0 Å². The molecule has 0 aromatic carbocycles. The van der Waals surface area contributed by atoms with Crippen molar-refractivity contribution >= 4 is 5.71 Å². The molecule has 1 aliphatic heterocycles. The Morgan fingerprint density at radius 3 is 2.80 bits per heavy atom. The van der Waals surface area contributed by atoms with Crippen LogP contribution in [-0.2, 0) is 0 Å². The van der Waals surface area contributed by atoms with Crippen molar-refractivity contribution in [1.29, 1.82) is 0 Å². The van der Waals surface area contributed by atoms with Gasteiger partial charge in [-0.1, -0.05) is 6.07 Å². The van der Waals surface area contributed by atoms with Gasteiger partial charge in [0.15, 0.2) is 0 Å². The number of nitrogens with zero attached hydrogens (tertiary/aromatic N) is 2. The van der Waals surface area contributed by atoms with E-state index in [1.54, 1.807) is 0 Å². The second-order valence-electron chi connectivity index (χ2n) is 3.85. The van der Waals surface area contributed by atoms with Crippen LogP contribution in [0.15, 0.2) is 29.4 Å². The van der Waals surface area contributed by atoms with Gasteiger partial charge in [0, 0.05) is 19.2 Å². The van der Waals surface area contributed by atoms with E-state index in [1.807, 2.05) is 31.4 Å². The lowest BCUT2D eigenvalue weighted by atomic mass is 9.91. The number of rotatable bonds is 2. The number of aliphatic imine (C=N–C) groups is 1. The summed E-state index contributed by atoms with van der Waals surface area (Å²) in [7, 11) is 1.87. The average Bonchev–Trinajstić information content (AvgIpc) is 2.33. The zero-order valence-electron chi connectivity index (χ0n) is 9.11. The first kappa shape index (κ1) is 10.3. The molecule has 1 saturated heterocycles. The lowest BCUT2D eigenvalue weighted by Crippen LogP contribution is -2.32. The average molecular weight is 203 g/mol. The monoisotopic (exact) mass is 203 g/mol. The topological polar surface area (TPSA) is 37.3 Å². The Balaban J connectivity index is 2.17. The van der Waals surface area contributed by atoms with Gasteiger partial charge in [-0.3, -0.25) is 9.98 Å². The number of hydrogen-bond donors (Lipinski definition) is 1. The van der Waals surface area contributed by atoms with Gasteiger partial charge < -0.3 is 5.32 Å². The predicted octanol–water partition coefficient (Wildman–Crippen LogP) is 1.50. The van der Waals surface area contributed by atoms with Gasteiger partial charge >= 0.3 is 0 Å². The number of nitrogens with one attached hydrogen (secondary N) is 1. The Morgan fingerprint density at radius 2 is 2.20 bits per heavy atom. The quantitative estimate of drug-likeness (QED) is 0.740. The summed E-state index contributed by atoms with van der Waals surface area (Å²) >= 11 is 0. The maximum Gasteiger partial charge on any atom is 0.0842 e. The second-order valence-corrected chi connectivity index (χ2v) is 3.85. The van der Waals surface area contributed by atoms with E-state index in [0.717, 1.165) is 24.5 Å². The fraction of sp³-hybridized carbons (Fsp3) is 0.500. The summed E-state index contributed by atoms with van der Waals surface area (Å²) in [4.78, 5) is 8.78. The molecule has 1 aromatic rings. The first-order valence-corrected chi connectivity index (χ1v) is 5.50. The normalized spacial score (nSPS) is 19.1. The minimum atomic E-state index is 0.575. The van der Waals surface area contributed by atoms with Crippen LogP contribution >= 0.6 is 0 Å². The highest BCUT2D eigenvalue weighted by molar-refractivity contribution is 6.00. The van der Waals surface area contributed by atoms with Gasteiger partial charge in [-0.2, -0.15) is 0 Å². The van der Waals surface area contributed by atoms with E-state index in [1.165, 1.54) is 12.8 Å². The third-order valence-corrected chi connectivity index (χ3v) is 2.89. The molecule has 0 bridgehead atoms. The van der Waals surface area contributed by atoms with Crippen LogP contribution in [-0.4, -0.2) is 30.8 Å². The molecule has 80 valence electrons. The van der Waals surface area contributed by atoms with E-state index in [4.69, 9.17) is 0 Å². The number of aromatic nitrogens is 1. The molecule has 0 unspecified atom stereocenters. The highest BCUT2D eigenvalue weighted by Crippen LogP contribution is 2.17. The van der Waals surface area contributed by atoms with Gasteiger partial charge in [-0.15, -0.1) is 0 Å². The summed E-state index contributed by atoms with van der Waals surface area (Å²) < 4.78 is 0. The molecule has 1 N–H and O–H groups in total. The Kier molecular flexibility index (Phi) is 3.45. The van der Waals surface area contributed by atoms with Gasteiger partial charge in [0.2, 0.25) is 0 Å². The SMILES string of the molecule is C/N=C(/c1ccccn1)C1CCNCC1. The number of hydrogen-bond acceptors (Lipinski definition) is 3. The van der Waals surface area contributed by atoms with E-state index in [2.05, 4.69) is 15.3 Å². The third-order valence-electron chi connectivity index (χ3n) is 2.89. The van der Waals surface area contributed by atoms with Crippen LogP contribution in [0.3, 0.4) is 0 Å². The Bertz CT molecular complexity index is 326. The highest BCUT2D eigenvalue weighted by Gasteiger charge is 2.20. The van der Waals surface area contributed by atoms with Gasteiger partial charge in [0.05, 0.1) is 11.4 Å². The Labute approximate surface area is 90.6 Å². The molecule has 0 amide bonds. The minimum Gasteiger partial charge on any atom is -0.317 e. The minimum absolute atomic E-state index is 0.575. The molecule has 15 heavy (non-hydrogen) atoms.